The van der Waals surface area contributed by atoms with Gasteiger partial charge >= 0.3 is 0 Å². The molecule has 1 amide bonds. The molecular weight excluding hydrogens is 288 g/mol. The lowest BCUT2D eigenvalue weighted by Gasteiger charge is -2.37. The van der Waals surface area contributed by atoms with Gasteiger partial charge in [-0.15, -0.1) is 0 Å². The number of imidazole rings is 1. The highest BCUT2D eigenvalue weighted by atomic mass is 16.2. The first-order valence-electron chi connectivity index (χ1n) is 7.91. The van der Waals surface area contributed by atoms with E-state index in [1.54, 1.807) is 18.3 Å². The summed E-state index contributed by atoms with van der Waals surface area (Å²) in [5.74, 6) is 0.676. The average molecular weight is 308 g/mol. The van der Waals surface area contributed by atoms with Gasteiger partial charge in [0.1, 0.15) is 0 Å². The Hall–Kier alpha value is -2.61. The fraction of sp³-hybridized carbons (Fsp3) is 0.389. The first-order valence-corrected chi connectivity index (χ1v) is 7.91. The van der Waals surface area contributed by atoms with Crippen molar-refractivity contribution in [2.75, 3.05) is 13.1 Å². The highest BCUT2D eigenvalue weighted by Crippen LogP contribution is 2.27. The minimum absolute atomic E-state index is 0.145. The van der Waals surface area contributed by atoms with Crippen LogP contribution in [-0.4, -0.2) is 33.4 Å². The topological polar surface area (TPSA) is 61.9 Å². The quantitative estimate of drug-likeness (QED) is 0.874. The van der Waals surface area contributed by atoms with Crippen LogP contribution >= 0.6 is 0 Å². The zero-order valence-electron chi connectivity index (χ0n) is 13.2. The molecule has 1 aromatic heterocycles. The van der Waals surface area contributed by atoms with Crippen molar-refractivity contribution in [1.82, 2.24) is 14.5 Å². The van der Waals surface area contributed by atoms with Gasteiger partial charge in [0.15, 0.2) is 0 Å². The number of hydrogen-bond acceptors (Lipinski definition) is 3. The molecule has 5 heteroatoms. The molecule has 0 radical (unpaired) electrons. The van der Waals surface area contributed by atoms with E-state index < -0.39 is 0 Å². The summed E-state index contributed by atoms with van der Waals surface area (Å²) in [6.45, 7) is 3.77. The van der Waals surface area contributed by atoms with Crippen LogP contribution in [0.3, 0.4) is 0 Å². The Morgan fingerprint density at radius 3 is 2.83 bits per heavy atom. The Bertz CT molecular complexity index is 700. The molecule has 1 saturated heterocycles. The minimum Gasteiger partial charge on any atom is -0.340 e. The van der Waals surface area contributed by atoms with Crippen LogP contribution < -0.4 is 0 Å². The van der Waals surface area contributed by atoms with Crippen LogP contribution in [0.2, 0.25) is 0 Å². The lowest BCUT2D eigenvalue weighted by molar-refractivity contribution is -0.132. The van der Waals surface area contributed by atoms with Crippen molar-refractivity contribution in [3.63, 3.8) is 0 Å². The number of rotatable bonds is 3. The van der Waals surface area contributed by atoms with Gasteiger partial charge in [0.25, 0.3) is 0 Å². The molecule has 118 valence electrons. The summed E-state index contributed by atoms with van der Waals surface area (Å²) >= 11 is 0. The number of aromatic nitrogens is 2. The Morgan fingerprint density at radius 2 is 2.17 bits per heavy atom. The van der Waals surface area contributed by atoms with Gasteiger partial charge in [-0.3, -0.25) is 4.79 Å². The lowest BCUT2D eigenvalue weighted by atomic mass is 9.93. The standard InChI is InChI=1S/C18H20N4O/c1-14-6-8-21(12-17(14)22-9-7-20-13-22)18(23)10-15-2-4-16(11-19)5-3-15/h2-5,7,9,13-14,17H,6,8,10,12H2,1H3. The van der Waals surface area contributed by atoms with E-state index in [-0.39, 0.29) is 11.9 Å². The summed E-state index contributed by atoms with van der Waals surface area (Å²) < 4.78 is 2.10. The van der Waals surface area contributed by atoms with Crippen molar-refractivity contribution in [3.8, 4) is 6.07 Å². The average Bonchev–Trinajstić information content (AvgIpc) is 3.10. The molecule has 2 heterocycles. The van der Waals surface area contributed by atoms with Gasteiger partial charge < -0.3 is 9.47 Å². The molecule has 3 rings (SSSR count). The molecule has 1 aliphatic rings. The Morgan fingerprint density at radius 1 is 1.39 bits per heavy atom. The summed E-state index contributed by atoms with van der Waals surface area (Å²) in [6, 6.07) is 9.61. The molecule has 2 unspecified atom stereocenters. The van der Waals surface area contributed by atoms with E-state index in [9.17, 15) is 4.79 Å². The Kier molecular flexibility index (Phi) is 4.42. The summed E-state index contributed by atoms with van der Waals surface area (Å²) in [5.41, 5.74) is 1.57. The predicted molar refractivity (Wildman–Crippen MR) is 86.5 cm³/mol. The molecular formula is C18H20N4O. The van der Waals surface area contributed by atoms with Crippen LogP contribution in [0.15, 0.2) is 43.0 Å². The second kappa shape index (κ2) is 6.66. The van der Waals surface area contributed by atoms with Crippen LogP contribution in [0, 0.1) is 17.2 Å². The van der Waals surface area contributed by atoms with Crippen molar-refractivity contribution in [2.45, 2.75) is 25.8 Å². The number of benzene rings is 1. The molecule has 0 spiro atoms. The molecule has 2 aromatic rings. The van der Waals surface area contributed by atoms with Gasteiger partial charge in [-0.05, 0) is 30.0 Å². The number of piperidine rings is 1. The maximum Gasteiger partial charge on any atom is 0.227 e. The summed E-state index contributed by atoms with van der Waals surface area (Å²) in [7, 11) is 0. The monoisotopic (exact) mass is 308 g/mol. The molecule has 2 atom stereocenters. The summed E-state index contributed by atoms with van der Waals surface area (Å²) in [6.07, 6.45) is 6.97. The SMILES string of the molecule is CC1CCN(C(=O)Cc2ccc(C#N)cc2)CC1n1ccnc1. The smallest absolute Gasteiger partial charge is 0.227 e. The molecule has 0 saturated carbocycles. The first-order chi connectivity index (χ1) is 11.2. The molecule has 0 bridgehead atoms. The van der Waals surface area contributed by atoms with Crippen molar-refractivity contribution in [2.24, 2.45) is 5.92 Å². The van der Waals surface area contributed by atoms with Gasteiger partial charge in [0.2, 0.25) is 5.91 Å². The van der Waals surface area contributed by atoms with Gasteiger partial charge in [-0.1, -0.05) is 19.1 Å². The molecule has 1 aromatic carbocycles. The van der Waals surface area contributed by atoms with Gasteiger partial charge in [-0.2, -0.15) is 5.26 Å². The van der Waals surface area contributed by atoms with Crippen molar-refractivity contribution >= 4 is 5.91 Å². The number of amides is 1. The second-order valence-corrected chi connectivity index (χ2v) is 6.17. The zero-order valence-corrected chi connectivity index (χ0v) is 13.2. The van der Waals surface area contributed by atoms with E-state index in [0.29, 0.717) is 17.9 Å². The van der Waals surface area contributed by atoms with E-state index in [2.05, 4.69) is 22.5 Å². The molecule has 0 aliphatic carbocycles. The number of likely N-dealkylation sites (tertiary alicyclic amines) is 1. The molecule has 1 fully saturated rings. The van der Waals surface area contributed by atoms with Crippen LogP contribution in [0.25, 0.3) is 0 Å². The molecule has 1 aliphatic heterocycles. The highest BCUT2D eigenvalue weighted by molar-refractivity contribution is 5.79. The predicted octanol–water partition coefficient (Wildman–Crippen LogP) is 2.41. The second-order valence-electron chi connectivity index (χ2n) is 6.17. The number of carbonyl (C=O) groups excluding carboxylic acids is 1. The number of nitrogens with zero attached hydrogens (tertiary/aromatic N) is 4. The fourth-order valence-electron chi connectivity index (χ4n) is 3.11. The number of hydrogen-bond donors (Lipinski definition) is 0. The summed E-state index contributed by atoms with van der Waals surface area (Å²) in [4.78, 5) is 18.6. The minimum atomic E-state index is 0.145. The van der Waals surface area contributed by atoms with Crippen molar-refractivity contribution in [1.29, 1.82) is 5.26 Å². The first kappa shape index (κ1) is 15.3. The Labute approximate surface area is 136 Å². The van der Waals surface area contributed by atoms with E-state index in [0.717, 1.165) is 25.1 Å². The molecule has 0 N–H and O–H groups in total. The maximum atomic E-state index is 12.6. The number of carbonyl (C=O) groups is 1. The van der Waals surface area contributed by atoms with Crippen molar-refractivity contribution in [3.05, 3.63) is 54.1 Å². The van der Waals surface area contributed by atoms with E-state index in [4.69, 9.17) is 5.26 Å². The van der Waals surface area contributed by atoms with Crippen LogP contribution in [0.4, 0.5) is 0 Å². The van der Waals surface area contributed by atoms with Gasteiger partial charge in [-0.25, -0.2) is 4.98 Å². The largest absolute Gasteiger partial charge is 0.340 e. The van der Waals surface area contributed by atoms with E-state index >= 15 is 0 Å². The van der Waals surface area contributed by atoms with Crippen LogP contribution in [0.5, 0.6) is 0 Å². The van der Waals surface area contributed by atoms with E-state index in [1.807, 2.05) is 29.6 Å². The number of nitriles is 1. The third-order valence-electron chi connectivity index (χ3n) is 4.62. The highest BCUT2D eigenvalue weighted by Gasteiger charge is 2.29. The molecule has 5 nitrogen and oxygen atoms in total. The van der Waals surface area contributed by atoms with Gasteiger partial charge in [0, 0.05) is 25.5 Å². The maximum absolute atomic E-state index is 12.6. The normalized spacial score (nSPS) is 21.0. The fourth-order valence-corrected chi connectivity index (χ4v) is 3.11. The van der Waals surface area contributed by atoms with Crippen LogP contribution in [-0.2, 0) is 11.2 Å². The van der Waals surface area contributed by atoms with Crippen LogP contribution in [0.1, 0.15) is 30.5 Å². The van der Waals surface area contributed by atoms with Crippen molar-refractivity contribution < 1.29 is 4.79 Å². The third-order valence-corrected chi connectivity index (χ3v) is 4.62. The zero-order chi connectivity index (χ0) is 16.2. The van der Waals surface area contributed by atoms with Gasteiger partial charge in [0.05, 0.1) is 30.4 Å². The lowest BCUT2D eigenvalue weighted by Crippen LogP contribution is -2.44. The Balaban J connectivity index is 1.66. The van der Waals surface area contributed by atoms with E-state index in [1.165, 1.54) is 0 Å². The summed E-state index contributed by atoms with van der Waals surface area (Å²) in [5, 5.41) is 8.83. The molecule has 23 heavy (non-hydrogen) atoms. The third kappa shape index (κ3) is 3.42.